The van der Waals surface area contributed by atoms with Crippen molar-refractivity contribution in [3.05, 3.63) is 69.1 Å². The zero-order chi connectivity index (χ0) is 21.8. The van der Waals surface area contributed by atoms with E-state index in [0.29, 0.717) is 0 Å². The SMILES string of the molecule is [C-]#[N+]c1nc(C(N=C([O-])OC(C)(C)C)C(C)C)n(Cc2ccccc2)c(=O)c1C. The minimum Gasteiger partial charge on any atom is -0.595 e. The molecule has 7 heteroatoms. The Morgan fingerprint density at radius 2 is 1.93 bits per heavy atom. The van der Waals surface area contributed by atoms with E-state index < -0.39 is 17.7 Å². The smallest absolute Gasteiger partial charge is 0.279 e. The van der Waals surface area contributed by atoms with Gasteiger partial charge >= 0.3 is 0 Å². The van der Waals surface area contributed by atoms with Gasteiger partial charge in [-0.3, -0.25) is 14.4 Å². The van der Waals surface area contributed by atoms with E-state index >= 15 is 0 Å². The molecule has 0 aliphatic rings. The molecule has 0 radical (unpaired) electrons. The van der Waals surface area contributed by atoms with Crippen LogP contribution in [0.1, 0.15) is 57.6 Å². The van der Waals surface area contributed by atoms with Crippen LogP contribution in [0.15, 0.2) is 40.1 Å². The third kappa shape index (κ3) is 5.67. The van der Waals surface area contributed by atoms with Gasteiger partial charge < -0.3 is 14.7 Å². The monoisotopic (exact) mass is 395 g/mol. The lowest BCUT2D eigenvalue weighted by molar-refractivity contribution is -0.261. The largest absolute Gasteiger partial charge is 0.595 e. The maximum absolute atomic E-state index is 13.0. The summed E-state index contributed by atoms with van der Waals surface area (Å²) in [6.45, 7) is 18.3. The topological polar surface area (TPSA) is 83.9 Å². The van der Waals surface area contributed by atoms with E-state index in [9.17, 15) is 9.90 Å². The highest BCUT2D eigenvalue weighted by atomic mass is 16.6. The minimum absolute atomic E-state index is 0.0272. The lowest BCUT2D eigenvalue weighted by Gasteiger charge is -2.30. The molecule has 2 aromatic rings. The predicted octanol–water partition coefficient (Wildman–Crippen LogP) is 3.38. The molecule has 1 unspecified atom stereocenters. The molecule has 0 fully saturated rings. The van der Waals surface area contributed by atoms with Crippen molar-refractivity contribution in [1.82, 2.24) is 9.55 Å². The van der Waals surface area contributed by atoms with Crippen LogP contribution < -0.4 is 10.7 Å². The highest BCUT2D eigenvalue weighted by molar-refractivity contribution is 5.62. The van der Waals surface area contributed by atoms with Crippen molar-refractivity contribution in [3.63, 3.8) is 0 Å². The summed E-state index contributed by atoms with van der Waals surface area (Å²) in [5.74, 6) is 0.174. The van der Waals surface area contributed by atoms with Crippen molar-refractivity contribution in [3.8, 4) is 0 Å². The molecule has 7 nitrogen and oxygen atoms in total. The van der Waals surface area contributed by atoms with Crippen LogP contribution in [0.25, 0.3) is 4.85 Å². The fourth-order valence-corrected chi connectivity index (χ4v) is 2.82. The third-order valence-electron chi connectivity index (χ3n) is 4.22. The first kappa shape index (κ1) is 22.2. The first-order valence-electron chi connectivity index (χ1n) is 9.50. The van der Waals surface area contributed by atoms with Gasteiger partial charge in [0, 0.05) is 11.2 Å². The molecule has 0 aliphatic carbocycles. The van der Waals surface area contributed by atoms with E-state index in [1.54, 1.807) is 27.7 Å². The van der Waals surface area contributed by atoms with Crippen molar-refractivity contribution in [2.45, 2.75) is 59.7 Å². The fraction of sp³-hybridized carbons (Fsp3) is 0.455. The number of hydrogen-bond donors (Lipinski definition) is 0. The Hall–Kier alpha value is -3.14. The summed E-state index contributed by atoms with van der Waals surface area (Å²) in [6.07, 6.45) is -0.721. The van der Waals surface area contributed by atoms with Crippen molar-refractivity contribution < 1.29 is 9.84 Å². The molecule has 0 amide bonds. The zero-order valence-corrected chi connectivity index (χ0v) is 17.8. The Bertz CT molecular complexity index is 980. The van der Waals surface area contributed by atoms with Crippen molar-refractivity contribution in [1.29, 1.82) is 0 Å². The average molecular weight is 395 g/mol. The van der Waals surface area contributed by atoms with E-state index in [2.05, 4.69) is 14.8 Å². The van der Waals surface area contributed by atoms with Crippen molar-refractivity contribution in [2.24, 2.45) is 10.9 Å². The van der Waals surface area contributed by atoms with Crippen LogP contribution in [0.4, 0.5) is 5.82 Å². The summed E-state index contributed by atoms with van der Waals surface area (Å²) in [5.41, 5.74) is 0.190. The van der Waals surface area contributed by atoms with E-state index in [0.717, 1.165) is 5.56 Å². The summed E-state index contributed by atoms with van der Waals surface area (Å²) in [5, 5.41) is 12.4. The molecule has 154 valence electrons. The van der Waals surface area contributed by atoms with Crippen LogP contribution in [0.5, 0.6) is 0 Å². The van der Waals surface area contributed by atoms with Gasteiger partial charge in [0.1, 0.15) is 12.1 Å². The summed E-state index contributed by atoms with van der Waals surface area (Å²) < 4.78 is 6.83. The van der Waals surface area contributed by atoms with E-state index in [-0.39, 0.29) is 35.2 Å². The van der Waals surface area contributed by atoms with Crippen molar-refractivity contribution >= 4 is 11.9 Å². The molecular weight excluding hydrogens is 368 g/mol. The van der Waals surface area contributed by atoms with Gasteiger partial charge in [-0.1, -0.05) is 71.5 Å². The fourth-order valence-electron chi connectivity index (χ4n) is 2.82. The van der Waals surface area contributed by atoms with Gasteiger partial charge in [-0.15, -0.1) is 4.98 Å². The summed E-state index contributed by atoms with van der Waals surface area (Å²) >= 11 is 0. The van der Waals surface area contributed by atoms with Crippen LogP contribution >= 0.6 is 0 Å². The highest BCUT2D eigenvalue weighted by Gasteiger charge is 2.27. The standard InChI is InChI=1S/C22H28N4O3/c1-14(2)17(24-21(28)29-22(4,5)6)19-25-18(23-7)15(3)20(27)26(19)13-16-11-9-8-10-12-16/h8-12,14,17H,13H2,1-6H3,(H,24,28)/p-1. The lowest BCUT2D eigenvalue weighted by Crippen LogP contribution is -2.34. The maximum atomic E-state index is 13.0. The predicted molar refractivity (Wildman–Crippen MR) is 111 cm³/mol. The number of aromatic nitrogens is 2. The van der Waals surface area contributed by atoms with Crippen molar-refractivity contribution in [2.75, 3.05) is 0 Å². The van der Waals surface area contributed by atoms with E-state index in [1.165, 1.54) is 4.57 Å². The molecular formula is C22H27N4O3-. The van der Waals surface area contributed by atoms with Gasteiger partial charge in [0.05, 0.1) is 6.54 Å². The molecule has 1 aromatic carbocycles. The Morgan fingerprint density at radius 1 is 1.31 bits per heavy atom. The molecule has 29 heavy (non-hydrogen) atoms. The Kier molecular flexibility index (Phi) is 6.80. The Morgan fingerprint density at radius 3 is 2.45 bits per heavy atom. The van der Waals surface area contributed by atoms with E-state index in [1.807, 2.05) is 44.2 Å². The van der Waals surface area contributed by atoms with E-state index in [4.69, 9.17) is 11.3 Å². The summed E-state index contributed by atoms with van der Waals surface area (Å²) in [4.78, 5) is 25.0. The molecule has 0 spiro atoms. The quantitative estimate of drug-likeness (QED) is 0.441. The van der Waals surface area contributed by atoms with Crippen LogP contribution in [-0.4, -0.2) is 21.2 Å². The minimum atomic E-state index is -0.721. The normalized spacial score (nSPS) is 13.2. The summed E-state index contributed by atoms with van der Waals surface area (Å²) in [6, 6.07) is 8.76. The molecule has 0 aliphatic heterocycles. The molecule has 0 N–H and O–H groups in total. The highest BCUT2D eigenvalue weighted by Crippen LogP contribution is 2.27. The number of rotatable bonds is 5. The first-order chi connectivity index (χ1) is 13.5. The summed E-state index contributed by atoms with van der Waals surface area (Å²) in [7, 11) is 0. The number of hydrogen-bond acceptors (Lipinski definition) is 5. The third-order valence-corrected chi connectivity index (χ3v) is 4.22. The molecule has 0 saturated carbocycles. The number of ether oxygens (including phenoxy) is 1. The number of benzene rings is 1. The Balaban J connectivity index is 2.66. The average Bonchev–Trinajstić information content (AvgIpc) is 2.63. The van der Waals surface area contributed by atoms with Gasteiger partial charge in [-0.25, -0.2) is 0 Å². The van der Waals surface area contributed by atoms with Gasteiger partial charge in [0.15, 0.2) is 0 Å². The lowest BCUT2D eigenvalue weighted by atomic mass is 10.0. The zero-order valence-electron chi connectivity index (χ0n) is 17.8. The Labute approximate surface area is 171 Å². The molecule has 1 atom stereocenters. The van der Waals surface area contributed by atoms with Gasteiger partial charge in [-0.05, 0) is 18.4 Å². The van der Waals surface area contributed by atoms with Gasteiger partial charge in [0.2, 0.25) is 11.4 Å². The van der Waals surface area contributed by atoms with Gasteiger partial charge in [-0.2, -0.15) is 0 Å². The second-order valence-corrected chi connectivity index (χ2v) is 8.21. The van der Waals surface area contributed by atoms with Crippen LogP contribution in [0, 0.1) is 19.4 Å². The first-order valence-corrected chi connectivity index (χ1v) is 9.50. The molecule has 0 bridgehead atoms. The molecule has 2 rings (SSSR count). The molecule has 1 aromatic heterocycles. The second kappa shape index (κ2) is 8.91. The van der Waals surface area contributed by atoms with Crippen LogP contribution in [0.2, 0.25) is 0 Å². The van der Waals surface area contributed by atoms with Crippen LogP contribution in [0.3, 0.4) is 0 Å². The second-order valence-electron chi connectivity index (χ2n) is 8.21. The van der Waals surface area contributed by atoms with Crippen LogP contribution in [-0.2, 0) is 11.3 Å². The number of nitrogens with zero attached hydrogens (tertiary/aromatic N) is 4. The molecule has 0 saturated heterocycles. The maximum Gasteiger partial charge on any atom is 0.279 e. The van der Waals surface area contributed by atoms with Gasteiger partial charge in [0.25, 0.3) is 5.82 Å². The number of aliphatic imine (C=N–C) groups is 1. The molecule has 1 heterocycles.